The van der Waals surface area contributed by atoms with Gasteiger partial charge < -0.3 is 9.80 Å². The van der Waals surface area contributed by atoms with Crippen molar-refractivity contribution in [1.29, 1.82) is 0 Å². The smallest absolute Gasteiger partial charge is 0.257 e. The molecule has 0 aromatic carbocycles. The van der Waals surface area contributed by atoms with Crippen LogP contribution in [-0.4, -0.2) is 77.3 Å². The second kappa shape index (κ2) is 8.10. The van der Waals surface area contributed by atoms with Gasteiger partial charge >= 0.3 is 0 Å². The summed E-state index contributed by atoms with van der Waals surface area (Å²) in [6.07, 6.45) is 4.94. The van der Waals surface area contributed by atoms with Gasteiger partial charge in [-0.25, -0.2) is 14.6 Å². The molecule has 1 fully saturated rings. The molecule has 3 aromatic heterocycles. The summed E-state index contributed by atoms with van der Waals surface area (Å²) in [7, 11) is 0. The number of hydrogen-bond donors (Lipinski definition) is 0. The third kappa shape index (κ3) is 3.78. The topological polar surface area (TPSA) is 115 Å². The van der Waals surface area contributed by atoms with Gasteiger partial charge in [-0.1, -0.05) is 11.8 Å². The molecule has 160 valence electrons. The highest BCUT2D eigenvalue weighted by Crippen LogP contribution is 2.32. The van der Waals surface area contributed by atoms with Crippen LogP contribution in [0.15, 0.2) is 40.9 Å². The second-order valence-corrected chi connectivity index (χ2v) is 8.51. The van der Waals surface area contributed by atoms with Crippen molar-refractivity contribution in [3.63, 3.8) is 0 Å². The monoisotopic (exact) mass is 439 g/mol. The molecule has 11 nitrogen and oxygen atoms in total. The van der Waals surface area contributed by atoms with Gasteiger partial charge in [-0.2, -0.15) is 5.10 Å². The van der Waals surface area contributed by atoms with Gasteiger partial charge in [0.15, 0.2) is 16.8 Å². The fourth-order valence-corrected chi connectivity index (χ4v) is 4.93. The lowest BCUT2D eigenvalue weighted by Gasteiger charge is -2.35. The number of anilines is 1. The van der Waals surface area contributed by atoms with E-state index in [1.807, 2.05) is 17.0 Å². The Balaban J connectivity index is 1.19. The van der Waals surface area contributed by atoms with Crippen molar-refractivity contribution in [2.75, 3.05) is 36.8 Å². The Morgan fingerprint density at radius 1 is 1.16 bits per heavy atom. The Kier molecular flexibility index (Phi) is 5.14. The lowest BCUT2D eigenvalue weighted by molar-refractivity contribution is -0.132. The van der Waals surface area contributed by atoms with Crippen LogP contribution >= 0.6 is 11.8 Å². The molecular weight excluding hydrogens is 418 g/mol. The lowest BCUT2D eigenvalue weighted by Crippen LogP contribution is -2.49. The van der Waals surface area contributed by atoms with Crippen LogP contribution in [0.2, 0.25) is 0 Å². The summed E-state index contributed by atoms with van der Waals surface area (Å²) in [5, 5.41) is 13.2. The van der Waals surface area contributed by atoms with Gasteiger partial charge in [-0.05, 0) is 19.1 Å². The SMILES string of the molecule is Cc1cnc2n(c1=O)C(CC(=O)N1CCN(c3ccc(-n4cncn4)nn3)CC1)CS2. The Labute approximate surface area is 182 Å². The molecule has 1 atom stereocenters. The number of aromatic nitrogens is 7. The molecule has 31 heavy (non-hydrogen) atoms. The highest BCUT2D eigenvalue weighted by Gasteiger charge is 2.30. The Morgan fingerprint density at radius 2 is 1.94 bits per heavy atom. The average Bonchev–Trinajstić information content (AvgIpc) is 3.47. The zero-order valence-electron chi connectivity index (χ0n) is 17.0. The molecule has 0 N–H and O–H groups in total. The van der Waals surface area contributed by atoms with Gasteiger partial charge in [0.05, 0.1) is 6.04 Å². The van der Waals surface area contributed by atoms with E-state index in [4.69, 9.17) is 0 Å². The fourth-order valence-electron chi connectivity index (χ4n) is 3.82. The summed E-state index contributed by atoms with van der Waals surface area (Å²) in [6, 6.07) is 3.61. The van der Waals surface area contributed by atoms with Gasteiger partial charge in [-0.3, -0.25) is 14.2 Å². The average molecular weight is 440 g/mol. The molecule has 1 unspecified atom stereocenters. The molecule has 0 bridgehead atoms. The van der Waals surface area contributed by atoms with E-state index in [1.165, 1.54) is 18.1 Å². The first-order valence-electron chi connectivity index (χ1n) is 10.0. The maximum atomic E-state index is 12.9. The van der Waals surface area contributed by atoms with Crippen molar-refractivity contribution >= 4 is 23.5 Å². The predicted molar refractivity (Wildman–Crippen MR) is 113 cm³/mol. The first-order valence-corrected chi connectivity index (χ1v) is 11.0. The quantitative estimate of drug-likeness (QED) is 0.530. The van der Waals surface area contributed by atoms with Crippen LogP contribution in [0.5, 0.6) is 0 Å². The van der Waals surface area contributed by atoms with Crippen LogP contribution in [0.4, 0.5) is 5.82 Å². The summed E-state index contributed by atoms with van der Waals surface area (Å²) in [5.41, 5.74) is 0.554. The van der Waals surface area contributed by atoms with E-state index in [9.17, 15) is 9.59 Å². The second-order valence-electron chi connectivity index (χ2n) is 7.53. The van der Waals surface area contributed by atoms with Crippen LogP contribution < -0.4 is 10.5 Å². The third-order valence-corrected chi connectivity index (χ3v) is 6.67. The number of aryl methyl sites for hydroxylation is 1. The Hall–Kier alpha value is -3.28. The summed E-state index contributed by atoms with van der Waals surface area (Å²) in [6.45, 7) is 4.34. The molecule has 2 aliphatic rings. The van der Waals surface area contributed by atoms with Crippen LogP contribution in [0.1, 0.15) is 18.0 Å². The number of carbonyl (C=O) groups is 1. The van der Waals surface area contributed by atoms with Crippen LogP contribution in [0.25, 0.3) is 5.82 Å². The Morgan fingerprint density at radius 3 is 2.65 bits per heavy atom. The van der Waals surface area contributed by atoms with E-state index in [-0.39, 0.29) is 17.5 Å². The molecular formula is C19H21N9O2S. The van der Waals surface area contributed by atoms with Gasteiger partial charge in [0, 0.05) is 50.1 Å². The van der Waals surface area contributed by atoms with E-state index in [2.05, 4.69) is 30.2 Å². The summed E-state index contributed by atoms with van der Waals surface area (Å²) < 4.78 is 3.23. The molecule has 0 spiro atoms. The first kappa shape index (κ1) is 19.7. The zero-order chi connectivity index (χ0) is 21.4. The maximum absolute atomic E-state index is 12.9. The molecule has 3 aromatic rings. The lowest BCUT2D eigenvalue weighted by atomic mass is 10.2. The first-order chi connectivity index (χ1) is 15.1. The molecule has 1 amide bonds. The number of thioether (sulfide) groups is 1. The van der Waals surface area contributed by atoms with Crippen LogP contribution in [0.3, 0.4) is 0 Å². The van der Waals surface area contributed by atoms with Crippen molar-refractivity contribution in [2.24, 2.45) is 0 Å². The normalized spacial score (nSPS) is 18.3. The summed E-state index contributed by atoms with van der Waals surface area (Å²) in [4.78, 5) is 37.6. The number of amides is 1. The number of nitrogens with zero attached hydrogens (tertiary/aromatic N) is 9. The van der Waals surface area contributed by atoms with Crippen molar-refractivity contribution in [1.82, 2.24) is 39.4 Å². The number of rotatable bonds is 4. The van der Waals surface area contributed by atoms with Gasteiger partial charge in [0.1, 0.15) is 12.7 Å². The van der Waals surface area contributed by atoms with Crippen LogP contribution in [-0.2, 0) is 4.79 Å². The standard InChI is InChI=1S/C19H21N9O2S/c1-13-9-21-19-28(18(13)30)14(10-31-19)8-17(29)26-6-4-25(5-7-26)15-2-3-16(24-23-15)27-12-20-11-22-27/h2-3,9,11-12,14H,4-8,10H2,1H3. The number of hydrogen-bond acceptors (Lipinski definition) is 9. The van der Waals surface area contributed by atoms with Gasteiger partial charge in [-0.15, -0.1) is 10.2 Å². The maximum Gasteiger partial charge on any atom is 0.257 e. The summed E-state index contributed by atoms with van der Waals surface area (Å²) in [5.74, 6) is 2.14. The molecule has 0 saturated carbocycles. The number of fused-ring (bicyclic) bond motifs is 1. The van der Waals surface area contributed by atoms with E-state index in [1.54, 1.807) is 28.7 Å². The van der Waals surface area contributed by atoms with Crippen molar-refractivity contribution in [3.05, 3.63) is 46.9 Å². The van der Waals surface area contributed by atoms with Crippen molar-refractivity contribution in [2.45, 2.75) is 24.5 Å². The molecule has 5 heterocycles. The minimum absolute atomic E-state index is 0.0504. The number of piperazine rings is 1. The van der Waals surface area contributed by atoms with Crippen molar-refractivity contribution < 1.29 is 4.79 Å². The van der Waals surface area contributed by atoms with E-state index < -0.39 is 0 Å². The molecule has 5 rings (SSSR count). The highest BCUT2D eigenvalue weighted by atomic mass is 32.2. The van der Waals surface area contributed by atoms with E-state index in [0.717, 1.165) is 5.82 Å². The minimum atomic E-state index is -0.138. The molecule has 0 aliphatic carbocycles. The zero-order valence-corrected chi connectivity index (χ0v) is 17.8. The van der Waals surface area contributed by atoms with Crippen LogP contribution in [0, 0.1) is 6.92 Å². The largest absolute Gasteiger partial charge is 0.352 e. The molecule has 12 heteroatoms. The van der Waals surface area contributed by atoms with Crippen molar-refractivity contribution in [3.8, 4) is 5.82 Å². The minimum Gasteiger partial charge on any atom is -0.352 e. The van der Waals surface area contributed by atoms with E-state index in [0.29, 0.717) is 54.9 Å². The Bertz CT molecular complexity index is 1140. The highest BCUT2D eigenvalue weighted by molar-refractivity contribution is 7.99. The van der Waals surface area contributed by atoms with Gasteiger partial charge in [0.25, 0.3) is 5.56 Å². The number of carbonyl (C=O) groups excluding carboxylic acids is 1. The summed E-state index contributed by atoms with van der Waals surface area (Å²) >= 11 is 1.53. The molecule has 1 saturated heterocycles. The van der Waals surface area contributed by atoms with E-state index >= 15 is 0 Å². The molecule has 2 aliphatic heterocycles. The molecule has 0 radical (unpaired) electrons. The fraction of sp³-hybridized carbons (Fsp3) is 0.421. The van der Waals surface area contributed by atoms with Gasteiger partial charge in [0.2, 0.25) is 5.91 Å². The predicted octanol–water partition coefficient (Wildman–Crippen LogP) is 0.308. The third-order valence-electron chi connectivity index (χ3n) is 5.56.